The zero-order valence-electron chi connectivity index (χ0n) is 16.7. The van der Waals surface area contributed by atoms with E-state index in [2.05, 4.69) is 4.57 Å². The Morgan fingerprint density at radius 3 is 2.24 bits per heavy atom. The van der Waals surface area contributed by atoms with E-state index in [4.69, 9.17) is 8.83 Å². The Balaban J connectivity index is 1.63. The molecule has 0 aliphatic heterocycles. The summed E-state index contributed by atoms with van der Waals surface area (Å²) in [5.41, 5.74) is 3.75. The van der Waals surface area contributed by atoms with Gasteiger partial charge in [-0.2, -0.15) is 0 Å². The highest BCUT2D eigenvalue weighted by Crippen LogP contribution is 2.21. The Morgan fingerprint density at radius 1 is 0.897 bits per heavy atom. The maximum atomic E-state index is 13.5. The van der Waals surface area contributed by atoms with Crippen LogP contribution in [0, 0.1) is 13.8 Å². The van der Waals surface area contributed by atoms with Gasteiger partial charge in [-0.25, -0.2) is 0 Å². The Morgan fingerprint density at radius 2 is 1.59 bits per heavy atom. The lowest BCUT2D eigenvalue weighted by Gasteiger charge is -2.22. The van der Waals surface area contributed by atoms with Crippen molar-refractivity contribution in [1.29, 1.82) is 0 Å². The highest BCUT2D eigenvalue weighted by molar-refractivity contribution is 5.95. The van der Waals surface area contributed by atoms with Crippen LogP contribution in [-0.2, 0) is 19.6 Å². The molecule has 4 rings (SSSR count). The maximum Gasteiger partial charge on any atom is 0.256 e. The van der Waals surface area contributed by atoms with Crippen LogP contribution >= 0.6 is 0 Å². The number of carbonyl (C=O) groups excluding carboxylic acids is 1. The zero-order chi connectivity index (χ0) is 20.2. The molecule has 3 aromatic heterocycles. The van der Waals surface area contributed by atoms with Gasteiger partial charge in [0.15, 0.2) is 0 Å². The Labute approximate surface area is 170 Å². The summed E-state index contributed by atoms with van der Waals surface area (Å²) >= 11 is 0. The fourth-order valence-electron chi connectivity index (χ4n) is 3.58. The minimum absolute atomic E-state index is 0.0101. The summed E-state index contributed by atoms with van der Waals surface area (Å²) in [4.78, 5) is 15.3. The Hall–Kier alpha value is -3.47. The van der Waals surface area contributed by atoms with Gasteiger partial charge in [-0.15, -0.1) is 0 Å². The van der Waals surface area contributed by atoms with E-state index in [1.54, 1.807) is 12.5 Å². The molecule has 3 heterocycles. The van der Waals surface area contributed by atoms with Gasteiger partial charge in [-0.3, -0.25) is 4.79 Å². The van der Waals surface area contributed by atoms with E-state index < -0.39 is 0 Å². The quantitative estimate of drug-likeness (QED) is 0.438. The average molecular weight is 388 g/mol. The predicted molar refractivity (Wildman–Crippen MR) is 110 cm³/mol. The van der Waals surface area contributed by atoms with Crippen LogP contribution in [0.5, 0.6) is 0 Å². The van der Waals surface area contributed by atoms with Gasteiger partial charge in [0, 0.05) is 17.9 Å². The predicted octanol–water partition coefficient (Wildman–Crippen LogP) is 5.18. The molecule has 5 heteroatoms. The van der Waals surface area contributed by atoms with Crippen LogP contribution < -0.4 is 0 Å². The molecule has 0 unspecified atom stereocenters. The van der Waals surface area contributed by atoms with Crippen molar-refractivity contribution < 1.29 is 13.6 Å². The number of carbonyl (C=O) groups is 1. The highest BCUT2D eigenvalue weighted by atomic mass is 16.3. The number of aryl methyl sites for hydroxylation is 1. The summed E-state index contributed by atoms with van der Waals surface area (Å²) in [6.45, 7) is 5.54. The molecule has 0 saturated heterocycles. The van der Waals surface area contributed by atoms with Gasteiger partial charge in [0.2, 0.25) is 0 Å². The summed E-state index contributed by atoms with van der Waals surface area (Å²) in [6, 6.07) is 19.5. The van der Waals surface area contributed by atoms with Crippen LogP contribution in [0.25, 0.3) is 0 Å². The summed E-state index contributed by atoms with van der Waals surface area (Å²) < 4.78 is 13.1. The van der Waals surface area contributed by atoms with Crippen molar-refractivity contribution in [3.63, 3.8) is 0 Å². The van der Waals surface area contributed by atoms with Crippen molar-refractivity contribution in [2.24, 2.45) is 0 Å². The van der Waals surface area contributed by atoms with Crippen LogP contribution in [0.2, 0.25) is 0 Å². The molecule has 4 aromatic rings. The molecule has 0 spiro atoms. The molecule has 0 N–H and O–H groups in total. The van der Waals surface area contributed by atoms with Crippen LogP contribution in [-0.4, -0.2) is 15.4 Å². The van der Waals surface area contributed by atoms with Gasteiger partial charge < -0.3 is 18.3 Å². The lowest BCUT2D eigenvalue weighted by Crippen LogP contribution is -2.30. The molecule has 0 atom stereocenters. The minimum atomic E-state index is -0.0101. The lowest BCUT2D eigenvalue weighted by atomic mass is 10.1. The van der Waals surface area contributed by atoms with Crippen LogP contribution in [0.1, 0.15) is 38.8 Å². The third-order valence-corrected chi connectivity index (χ3v) is 5.13. The topological polar surface area (TPSA) is 51.5 Å². The van der Waals surface area contributed by atoms with Crippen molar-refractivity contribution in [3.8, 4) is 0 Å². The summed E-state index contributed by atoms with van der Waals surface area (Å²) in [5.74, 6) is 1.62. The second-order valence-corrected chi connectivity index (χ2v) is 7.18. The minimum Gasteiger partial charge on any atom is -0.467 e. The normalized spacial score (nSPS) is 11.0. The number of furan rings is 2. The standard InChI is InChI=1S/C24H24N2O3/c1-18-14-23(19(2)26(18)17-22-11-7-13-29-22)24(27)25(16-21-10-6-12-28-21)15-20-8-4-3-5-9-20/h3-14H,15-17H2,1-2H3. The molecular weight excluding hydrogens is 364 g/mol. The first-order valence-electron chi connectivity index (χ1n) is 9.66. The number of hydrogen-bond donors (Lipinski definition) is 0. The molecule has 1 aromatic carbocycles. The molecule has 29 heavy (non-hydrogen) atoms. The van der Waals surface area contributed by atoms with Crippen LogP contribution in [0.15, 0.2) is 82.0 Å². The van der Waals surface area contributed by atoms with Crippen molar-refractivity contribution in [3.05, 3.63) is 107 Å². The number of rotatable bonds is 7. The van der Waals surface area contributed by atoms with Crippen molar-refractivity contribution in [2.75, 3.05) is 0 Å². The fraction of sp³-hybridized carbons (Fsp3) is 0.208. The molecular formula is C24H24N2O3. The number of hydrogen-bond acceptors (Lipinski definition) is 3. The van der Waals surface area contributed by atoms with E-state index >= 15 is 0 Å². The lowest BCUT2D eigenvalue weighted by molar-refractivity contribution is 0.0717. The van der Waals surface area contributed by atoms with Gasteiger partial charge in [0.25, 0.3) is 5.91 Å². The second kappa shape index (κ2) is 8.27. The van der Waals surface area contributed by atoms with Gasteiger partial charge in [-0.1, -0.05) is 30.3 Å². The van der Waals surface area contributed by atoms with Crippen LogP contribution in [0.4, 0.5) is 0 Å². The van der Waals surface area contributed by atoms with E-state index in [9.17, 15) is 4.79 Å². The first kappa shape index (κ1) is 18.9. The molecule has 0 aliphatic rings. The van der Waals surface area contributed by atoms with Gasteiger partial charge in [-0.05, 0) is 49.7 Å². The van der Waals surface area contributed by atoms with Gasteiger partial charge in [0.05, 0.1) is 31.2 Å². The number of benzene rings is 1. The average Bonchev–Trinajstić information content (AvgIpc) is 3.47. The van der Waals surface area contributed by atoms with Gasteiger partial charge in [0.1, 0.15) is 11.5 Å². The van der Waals surface area contributed by atoms with Crippen molar-refractivity contribution in [2.45, 2.75) is 33.5 Å². The second-order valence-electron chi connectivity index (χ2n) is 7.18. The number of amides is 1. The van der Waals surface area contributed by atoms with E-state index in [1.165, 1.54) is 0 Å². The molecule has 0 saturated carbocycles. The summed E-state index contributed by atoms with van der Waals surface area (Å²) in [5, 5.41) is 0. The molecule has 0 fully saturated rings. The monoisotopic (exact) mass is 388 g/mol. The molecule has 0 aliphatic carbocycles. The highest BCUT2D eigenvalue weighted by Gasteiger charge is 2.23. The maximum absolute atomic E-state index is 13.5. The number of nitrogens with zero attached hydrogens (tertiary/aromatic N) is 2. The van der Waals surface area contributed by atoms with Crippen LogP contribution in [0.3, 0.4) is 0 Å². The Bertz CT molecular complexity index is 1060. The molecule has 5 nitrogen and oxygen atoms in total. The first-order chi connectivity index (χ1) is 14.1. The van der Waals surface area contributed by atoms with E-state index in [0.29, 0.717) is 25.2 Å². The molecule has 0 radical (unpaired) electrons. The van der Waals surface area contributed by atoms with Gasteiger partial charge >= 0.3 is 0 Å². The largest absolute Gasteiger partial charge is 0.467 e. The van der Waals surface area contributed by atoms with E-state index in [-0.39, 0.29) is 5.91 Å². The third-order valence-electron chi connectivity index (χ3n) is 5.13. The van der Waals surface area contributed by atoms with Crippen molar-refractivity contribution in [1.82, 2.24) is 9.47 Å². The fourth-order valence-corrected chi connectivity index (χ4v) is 3.58. The summed E-state index contributed by atoms with van der Waals surface area (Å²) in [6.07, 6.45) is 3.30. The number of aromatic nitrogens is 1. The summed E-state index contributed by atoms with van der Waals surface area (Å²) in [7, 11) is 0. The zero-order valence-corrected chi connectivity index (χ0v) is 16.7. The third kappa shape index (κ3) is 4.19. The molecule has 148 valence electrons. The smallest absolute Gasteiger partial charge is 0.256 e. The van der Waals surface area contributed by atoms with E-state index in [1.807, 2.05) is 79.4 Å². The van der Waals surface area contributed by atoms with Crippen molar-refractivity contribution >= 4 is 5.91 Å². The Kier molecular flexibility index (Phi) is 5.38. The molecule has 0 bridgehead atoms. The first-order valence-corrected chi connectivity index (χ1v) is 9.66. The SMILES string of the molecule is Cc1cc(C(=O)N(Cc2ccccc2)Cc2ccco2)c(C)n1Cc1ccco1. The molecule has 1 amide bonds. The van der Waals surface area contributed by atoms with E-state index in [0.717, 1.165) is 28.5 Å².